The summed E-state index contributed by atoms with van der Waals surface area (Å²) in [7, 11) is 0. The molecule has 0 spiro atoms. The van der Waals surface area contributed by atoms with Crippen molar-refractivity contribution in [2.75, 3.05) is 11.5 Å². The molecule has 3 rings (SSSR count). The normalized spacial score (nSPS) is 20.0. The van der Waals surface area contributed by atoms with Gasteiger partial charge >= 0.3 is 0 Å². The van der Waals surface area contributed by atoms with E-state index in [9.17, 15) is 0 Å². The van der Waals surface area contributed by atoms with Gasteiger partial charge in [-0.05, 0) is 60.6 Å². The molecule has 6 N–H and O–H groups in total. The molecule has 0 unspecified atom stereocenters. The van der Waals surface area contributed by atoms with E-state index in [4.69, 9.17) is 26.7 Å². The molecule has 5 heteroatoms. The van der Waals surface area contributed by atoms with Crippen molar-refractivity contribution in [2.45, 2.75) is 38.5 Å². The van der Waals surface area contributed by atoms with Gasteiger partial charge in [-0.15, -0.1) is 0 Å². The lowest BCUT2D eigenvalue weighted by Gasteiger charge is -2.26. The monoisotopic (exact) mass is 330 g/mol. The van der Waals surface area contributed by atoms with Gasteiger partial charge in [0.25, 0.3) is 0 Å². The van der Waals surface area contributed by atoms with Crippen LogP contribution in [-0.2, 0) is 0 Å². The minimum absolute atomic E-state index is 0.561. The molecule has 1 aliphatic carbocycles. The van der Waals surface area contributed by atoms with Crippen molar-refractivity contribution in [3.05, 3.63) is 48.0 Å². The summed E-state index contributed by atoms with van der Waals surface area (Å²) in [5.74, 6) is 3.04. The fraction of sp³-hybridized carbons (Fsp3) is 0.368. The van der Waals surface area contributed by atoms with Crippen LogP contribution in [0.25, 0.3) is 0 Å². The molecule has 1 aliphatic rings. The minimum Gasteiger partial charge on any atom is -0.455 e. The molecule has 130 valence electrons. The molecule has 24 heavy (non-hydrogen) atoms. The Morgan fingerprint density at radius 3 is 2.12 bits per heavy atom. The van der Waals surface area contributed by atoms with E-state index in [1.807, 2.05) is 12.1 Å². The van der Waals surface area contributed by atoms with Crippen LogP contribution in [0.2, 0.25) is 0 Å². The highest BCUT2D eigenvalue weighted by Gasteiger charge is 2.19. The third kappa shape index (κ3) is 4.63. The molecule has 5 nitrogen and oxygen atoms in total. The Hall–Kier alpha value is -2.24. The van der Waals surface area contributed by atoms with Crippen molar-refractivity contribution in [2.24, 2.45) is 5.92 Å². The molecule has 0 aromatic heterocycles. The predicted molar refractivity (Wildman–Crippen MR) is 97.4 cm³/mol. The van der Waals surface area contributed by atoms with Crippen molar-refractivity contribution >= 4 is 11.4 Å². The highest BCUT2D eigenvalue weighted by molar-refractivity contribution is 5.61. The molecule has 0 heterocycles. The first-order valence-electron chi connectivity index (χ1n) is 8.24. The van der Waals surface area contributed by atoms with Crippen molar-refractivity contribution in [1.29, 1.82) is 0 Å². The van der Waals surface area contributed by atoms with Crippen molar-refractivity contribution in [3.8, 4) is 11.5 Å². The van der Waals surface area contributed by atoms with Gasteiger partial charge in [-0.25, -0.2) is 0 Å². The minimum atomic E-state index is 0.561. The van der Waals surface area contributed by atoms with E-state index in [1.54, 1.807) is 18.2 Å². The second kappa shape index (κ2) is 8.57. The molecule has 1 saturated carbocycles. The average Bonchev–Trinajstić information content (AvgIpc) is 2.61. The highest BCUT2D eigenvalue weighted by atomic mass is 17.0. The average molecular weight is 330 g/mol. The van der Waals surface area contributed by atoms with Gasteiger partial charge in [-0.3, -0.25) is 10.5 Å². The maximum Gasteiger partial charge on any atom is 0.150 e. The van der Waals surface area contributed by atoms with Gasteiger partial charge < -0.3 is 16.2 Å². The fourth-order valence-corrected chi connectivity index (χ4v) is 3.19. The highest BCUT2D eigenvalue weighted by Crippen LogP contribution is 2.36. The summed E-state index contributed by atoms with van der Waals surface area (Å²) < 4.78 is 5.84. The van der Waals surface area contributed by atoms with Crippen LogP contribution in [0.1, 0.15) is 44.1 Å². The summed E-state index contributed by atoms with van der Waals surface area (Å²) in [5.41, 5.74) is 14.2. The Labute approximate surface area is 142 Å². The predicted octanol–water partition coefficient (Wildman–Crippen LogP) is 4.95. The molecule has 2 aromatic rings. The standard InChI is InChI=1S/C19H24N2O.H2O2/c1-13-2-4-14(5-3-13)15-6-9-17(10-7-15)22-19-11-8-16(20)12-18(19)21;1-2/h6-14H,2-5,20-21H2,1H3;1-2H. The number of ether oxygens (including phenoxy) is 1. The zero-order valence-corrected chi connectivity index (χ0v) is 14.0. The van der Waals surface area contributed by atoms with Crippen LogP contribution in [0.3, 0.4) is 0 Å². The topological polar surface area (TPSA) is 102 Å². The van der Waals surface area contributed by atoms with Crippen LogP contribution in [0, 0.1) is 5.92 Å². The first kappa shape index (κ1) is 18.1. The number of benzene rings is 2. The van der Waals surface area contributed by atoms with Gasteiger partial charge in [0.15, 0.2) is 0 Å². The third-order valence-corrected chi connectivity index (χ3v) is 4.63. The number of nitrogen functional groups attached to an aromatic ring is 2. The molecule has 1 fully saturated rings. The summed E-state index contributed by atoms with van der Waals surface area (Å²) in [4.78, 5) is 0. The number of rotatable bonds is 3. The van der Waals surface area contributed by atoms with E-state index in [2.05, 4.69) is 19.1 Å². The maximum absolute atomic E-state index is 6.00. The lowest BCUT2D eigenvalue weighted by molar-refractivity contribution is -0.176. The second-order valence-corrected chi connectivity index (χ2v) is 6.43. The van der Waals surface area contributed by atoms with Gasteiger partial charge in [-0.1, -0.05) is 31.9 Å². The van der Waals surface area contributed by atoms with E-state index >= 15 is 0 Å². The van der Waals surface area contributed by atoms with Crippen LogP contribution in [0.4, 0.5) is 11.4 Å². The zero-order valence-electron chi connectivity index (χ0n) is 14.0. The Kier molecular flexibility index (Phi) is 6.46. The van der Waals surface area contributed by atoms with Crippen LogP contribution in [0.15, 0.2) is 42.5 Å². The Morgan fingerprint density at radius 1 is 0.917 bits per heavy atom. The molecule has 0 radical (unpaired) electrons. The van der Waals surface area contributed by atoms with Crippen LogP contribution in [-0.4, -0.2) is 10.5 Å². The van der Waals surface area contributed by atoms with E-state index in [-0.39, 0.29) is 0 Å². The lowest BCUT2D eigenvalue weighted by Crippen LogP contribution is -2.10. The first-order chi connectivity index (χ1) is 11.6. The molecule has 0 atom stereocenters. The molecule has 0 aliphatic heterocycles. The summed E-state index contributed by atoms with van der Waals surface area (Å²) in [5, 5.41) is 12.0. The second-order valence-electron chi connectivity index (χ2n) is 6.43. The number of hydrogen-bond donors (Lipinski definition) is 4. The first-order valence-corrected chi connectivity index (χ1v) is 8.24. The SMILES string of the molecule is CC1CCC(c2ccc(Oc3ccc(N)cc3N)cc2)CC1.OO. The van der Waals surface area contributed by atoms with Crippen LogP contribution >= 0.6 is 0 Å². The zero-order chi connectivity index (χ0) is 17.5. The van der Waals surface area contributed by atoms with Gasteiger partial charge in [-0.2, -0.15) is 0 Å². The van der Waals surface area contributed by atoms with Crippen LogP contribution < -0.4 is 16.2 Å². The smallest absolute Gasteiger partial charge is 0.150 e. The Morgan fingerprint density at radius 2 is 1.54 bits per heavy atom. The van der Waals surface area contributed by atoms with E-state index in [1.165, 1.54) is 31.2 Å². The van der Waals surface area contributed by atoms with E-state index in [0.717, 1.165) is 11.7 Å². The van der Waals surface area contributed by atoms with Crippen molar-refractivity contribution in [1.82, 2.24) is 0 Å². The number of hydrogen-bond acceptors (Lipinski definition) is 5. The molecule has 0 bridgehead atoms. The van der Waals surface area contributed by atoms with Gasteiger partial charge in [0.1, 0.15) is 11.5 Å². The van der Waals surface area contributed by atoms with Crippen molar-refractivity contribution in [3.63, 3.8) is 0 Å². The van der Waals surface area contributed by atoms with Gasteiger partial charge in [0, 0.05) is 5.69 Å². The molecule has 0 amide bonds. The van der Waals surface area contributed by atoms with E-state index in [0.29, 0.717) is 23.0 Å². The van der Waals surface area contributed by atoms with Gasteiger partial charge in [0.05, 0.1) is 5.69 Å². The number of nitrogens with two attached hydrogens (primary N) is 2. The Balaban J connectivity index is 0.00000100. The summed E-state index contributed by atoms with van der Waals surface area (Å²) >= 11 is 0. The fourth-order valence-electron chi connectivity index (χ4n) is 3.19. The molecular formula is C19H26N2O3. The van der Waals surface area contributed by atoms with Gasteiger partial charge in [0.2, 0.25) is 0 Å². The quantitative estimate of drug-likeness (QED) is 0.362. The molecule has 0 saturated heterocycles. The van der Waals surface area contributed by atoms with E-state index < -0.39 is 0 Å². The largest absolute Gasteiger partial charge is 0.455 e. The Bertz CT molecular complexity index is 636. The number of anilines is 2. The van der Waals surface area contributed by atoms with Crippen LogP contribution in [0.5, 0.6) is 11.5 Å². The molecular weight excluding hydrogens is 304 g/mol. The summed E-state index contributed by atoms with van der Waals surface area (Å²) in [6, 6.07) is 13.7. The summed E-state index contributed by atoms with van der Waals surface area (Å²) in [6.45, 7) is 2.35. The summed E-state index contributed by atoms with van der Waals surface area (Å²) in [6.07, 6.45) is 5.27. The van der Waals surface area contributed by atoms with Crippen molar-refractivity contribution < 1.29 is 15.3 Å². The lowest BCUT2D eigenvalue weighted by atomic mass is 9.79. The maximum atomic E-state index is 6.00. The molecule has 2 aromatic carbocycles. The third-order valence-electron chi connectivity index (χ3n) is 4.63.